The van der Waals surface area contributed by atoms with Crippen molar-refractivity contribution in [2.75, 3.05) is 70.4 Å². The fourth-order valence-corrected chi connectivity index (χ4v) is 17.9. The minimum atomic E-state index is -0.342. The van der Waals surface area contributed by atoms with Crippen molar-refractivity contribution < 1.29 is 27.4 Å². The molecule has 27 nitrogen and oxygen atoms in total. The number of aromatic nitrogens is 15. The molecule has 9 aliphatic rings. The Bertz CT molecular complexity index is 5340. The van der Waals surface area contributed by atoms with Crippen LogP contribution >= 0.6 is 0 Å². The molecule has 96 heavy (non-hydrogen) atoms. The lowest BCUT2D eigenvalue weighted by Gasteiger charge is -2.54. The van der Waals surface area contributed by atoms with Gasteiger partial charge < -0.3 is 70.4 Å². The van der Waals surface area contributed by atoms with Crippen LogP contribution in [0.4, 0.5) is 47.7 Å². The summed E-state index contributed by atoms with van der Waals surface area (Å²) in [6.45, 7) is 8.41. The molecule has 9 aromatic heterocycles. The third-order valence-electron chi connectivity index (χ3n) is 22.0. The summed E-state index contributed by atoms with van der Waals surface area (Å²) in [5.74, 6) is 4.30. The molecule has 30 heteroatoms. The Morgan fingerprint density at radius 2 is 0.938 bits per heavy atom. The zero-order valence-electron chi connectivity index (χ0n) is 52.0. The van der Waals surface area contributed by atoms with Crippen LogP contribution < -0.4 is 60.8 Å². The highest BCUT2D eigenvalue weighted by molar-refractivity contribution is 6.19. The van der Waals surface area contributed by atoms with Crippen LogP contribution in [0.15, 0.2) is 55.4 Å². The molecule has 6 fully saturated rings. The molecule has 0 aliphatic carbocycles. The third-order valence-corrected chi connectivity index (χ3v) is 22.0. The van der Waals surface area contributed by atoms with Crippen molar-refractivity contribution in [2.45, 2.75) is 94.9 Å². The van der Waals surface area contributed by atoms with Gasteiger partial charge in [0.15, 0.2) is 17.2 Å². The van der Waals surface area contributed by atoms with Crippen molar-refractivity contribution in [3.8, 4) is 35.3 Å². The zero-order chi connectivity index (χ0) is 63.8. The summed E-state index contributed by atoms with van der Waals surface area (Å²) in [6, 6.07) is 4.37. The molecular weight excluding hydrogens is 1230 g/mol. The molecule has 18 heterocycles. The van der Waals surface area contributed by atoms with E-state index in [1.165, 1.54) is 6.07 Å². The number of rotatable bonds is 13. The summed E-state index contributed by atoms with van der Waals surface area (Å²) in [6.07, 6.45) is 11.9. The first-order valence-corrected chi connectivity index (χ1v) is 32.7. The standard InChI is InChI=1S/C66H59F3N24O3/c1-23-72-15-27(16-73-23)94-64-86-58-49-46-32(36(68)11-39(52(46)83-58)78-13-26-14-81-54-44-9-33-35(67)10-38(70-4)51-45(33)48-57(82-51)85-65(89-62(48)92(44)55(26)54)95-28-17-74-24(2)75-18-28)8-43-34-21-79-41(56(34)91(43)61(49)88-64)22-80-40-12-37(69)31-7-42-30-5-6-71-60(30)93(42)63-50-47(31)53(40)84-59(50)87-66(90-63)96-29-19-76-25(3)77-20-29/h10-12,15-20,26,30,34,41-44,54-56,60,70-71,78-81H,5-9,13-14,21-22H2,1-4H3,(H,82,85,89)(H,83,86,88)(H,84,87,90)/t26?,30-,34-,41?,42-,43-,44-,54-,55-,56+,60+/m0/s1. The van der Waals surface area contributed by atoms with Crippen LogP contribution in [0.3, 0.4) is 0 Å². The van der Waals surface area contributed by atoms with E-state index in [-0.39, 0.29) is 95.8 Å². The number of anilines is 6. The molecule has 2 unspecified atom stereocenters. The van der Waals surface area contributed by atoms with E-state index in [4.69, 9.17) is 44.1 Å². The summed E-state index contributed by atoms with van der Waals surface area (Å²) in [5, 5.41) is 26.2. The Hall–Kier alpha value is -10.6. The largest absolute Gasteiger partial charge is 0.421 e. The Kier molecular flexibility index (Phi) is 11.3. The van der Waals surface area contributed by atoms with Crippen LogP contribution in [-0.4, -0.2) is 163 Å². The zero-order valence-corrected chi connectivity index (χ0v) is 52.0. The van der Waals surface area contributed by atoms with Gasteiger partial charge in [0.1, 0.15) is 69.3 Å². The molecule has 6 saturated heterocycles. The number of benzene rings is 3. The van der Waals surface area contributed by atoms with Gasteiger partial charge in [-0.15, -0.1) is 0 Å². The van der Waals surface area contributed by atoms with Gasteiger partial charge in [0.25, 0.3) is 0 Å². The molecule has 482 valence electrons. The number of nitrogens with one attached hydrogen (secondary N) is 9. The van der Waals surface area contributed by atoms with Crippen molar-refractivity contribution in [3.63, 3.8) is 0 Å². The van der Waals surface area contributed by atoms with E-state index in [2.05, 4.69) is 91.5 Å². The normalized spacial score (nSPS) is 25.2. The number of fused-ring (bicyclic) bond motifs is 15. The molecule has 21 rings (SSSR count). The fourth-order valence-electron chi connectivity index (χ4n) is 17.9. The van der Waals surface area contributed by atoms with E-state index in [0.29, 0.717) is 176 Å². The summed E-state index contributed by atoms with van der Waals surface area (Å²) in [7, 11) is 1.77. The Morgan fingerprint density at radius 1 is 0.490 bits per heavy atom. The van der Waals surface area contributed by atoms with Crippen molar-refractivity contribution in [1.29, 1.82) is 0 Å². The van der Waals surface area contributed by atoms with Crippen LogP contribution in [0.2, 0.25) is 0 Å². The number of nitrogens with zero attached hydrogens (tertiary/aromatic N) is 15. The number of hydrogen-bond donors (Lipinski definition) is 9. The summed E-state index contributed by atoms with van der Waals surface area (Å²) < 4.78 is 70.1. The molecule has 0 amide bonds. The Morgan fingerprint density at radius 3 is 1.45 bits per heavy atom. The lowest BCUT2D eigenvalue weighted by molar-refractivity contribution is 0.219. The average molecular weight is 1290 g/mol. The van der Waals surface area contributed by atoms with Gasteiger partial charge in [-0.2, -0.15) is 29.9 Å². The molecule has 0 radical (unpaired) electrons. The van der Waals surface area contributed by atoms with Crippen molar-refractivity contribution in [3.05, 3.63) is 107 Å². The molecule has 3 aromatic carbocycles. The second-order valence-corrected chi connectivity index (χ2v) is 26.9. The molecule has 11 atom stereocenters. The highest BCUT2D eigenvalue weighted by atomic mass is 19.1. The maximum Gasteiger partial charge on any atom is 0.326 e. The summed E-state index contributed by atoms with van der Waals surface area (Å²) in [4.78, 5) is 73.8. The first-order valence-electron chi connectivity index (χ1n) is 32.7. The van der Waals surface area contributed by atoms with Crippen LogP contribution in [0.1, 0.15) is 40.6 Å². The van der Waals surface area contributed by atoms with Gasteiger partial charge >= 0.3 is 18.0 Å². The molecule has 0 saturated carbocycles. The number of ether oxygens (including phenoxy) is 3. The number of H-pyrrole nitrogens is 3. The van der Waals surface area contributed by atoms with E-state index in [1.807, 2.05) is 6.92 Å². The van der Waals surface area contributed by atoms with Gasteiger partial charge in [-0.1, -0.05) is 0 Å². The highest BCUT2D eigenvalue weighted by Gasteiger charge is 2.60. The Labute approximate surface area is 541 Å². The molecule has 12 aromatic rings. The van der Waals surface area contributed by atoms with Crippen molar-refractivity contribution >= 4 is 100 Å². The van der Waals surface area contributed by atoms with E-state index >= 15 is 13.2 Å². The van der Waals surface area contributed by atoms with E-state index < -0.39 is 0 Å². The average Bonchev–Trinajstić information content (AvgIpc) is 1.53. The molecular formula is C66H59F3N24O3. The van der Waals surface area contributed by atoms with E-state index in [1.54, 1.807) is 70.2 Å². The minimum Gasteiger partial charge on any atom is -0.421 e. The SMILES string of the molecule is CNc1cc(F)c2c3c1[nH]c1nc(Oc4cnc(C)nc4)nc(c13)N1[C@@H](C2)[C@@H]2NCC(CNc3cc(F)c4c5c3[nH]c3nc(Oc6cnc(C)nc6)nc(c35)N3[C@@H](C4)[C@@H]4CNC(CNc5cc(F)c6c7c5[nH]c5nc(Oc8cnc(C)nc8)nc(c57)N5[C@@H](C6)[C@@H]6CCN[C@@H]65)[C@@H]43)[C@@H]21. The quantitative estimate of drug-likeness (QED) is 0.0543. The number of aryl methyl sites for hydroxylation is 3. The second-order valence-electron chi connectivity index (χ2n) is 26.9. The van der Waals surface area contributed by atoms with Gasteiger partial charge in [0.2, 0.25) is 0 Å². The number of halogens is 3. The van der Waals surface area contributed by atoms with Gasteiger partial charge in [-0.3, -0.25) is 5.32 Å². The van der Waals surface area contributed by atoms with Crippen LogP contribution in [0.5, 0.6) is 35.3 Å². The van der Waals surface area contributed by atoms with E-state index in [0.717, 1.165) is 40.2 Å². The number of hydrogen-bond acceptors (Lipinski definition) is 24. The van der Waals surface area contributed by atoms with Gasteiger partial charge in [0, 0.05) is 108 Å². The van der Waals surface area contributed by atoms with Crippen molar-refractivity contribution in [1.82, 2.24) is 90.7 Å². The maximum absolute atomic E-state index is 17.6. The molecule has 9 N–H and O–H groups in total. The summed E-state index contributed by atoms with van der Waals surface area (Å²) >= 11 is 0. The van der Waals surface area contributed by atoms with E-state index in [9.17, 15) is 0 Å². The smallest absolute Gasteiger partial charge is 0.326 e. The fraction of sp³-hybridized carbons (Fsp3) is 0.364. The second kappa shape index (κ2) is 19.8. The molecule has 0 bridgehead atoms. The van der Waals surface area contributed by atoms with Gasteiger partial charge in [0.05, 0.1) is 111 Å². The Balaban J connectivity index is 0.618. The predicted octanol–water partition coefficient (Wildman–Crippen LogP) is 7.40. The van der Waals surface area contributed by atoms with Crippen LogP contribution in [0, 0.1) is 56.0 Å². The van der Waals surface area contributed by atoms with Crippen LogP contribution in [0.25, 0.3) is 65.8 Å². The third kappa shape index (κ3) is 7.69. The van der Waals surface area contributed by atoms with Gasteiger partial charge in [-0.05, 0) is 71.2 Å². The first-order chi connectivity index (χ1) is 46.9. The van der Waals surface area contributed by atoms with Crippen molar-refractivity contribution in [2.24, 2.45) is 17.8 Å². The predicted molar refractivity (Wildman–Crippen MR) is 349 cm³/mol. The maximum atomic E-state index is 17.6. The first kappa shape index (κ1) is 54.8. The lowest BCUT2D eigenvalue weighted by atomic mass is 9.76. The van der Waals surface area contributed by atoms with Gasteiger partial charge in [-0.25, -0.2) is 43.1 Å². The number of aromatic amines is 3. The minimum absolute atomic E-state index is 0.0160. The monoisotopic (exact) mass is 1290 g/mol. The molecule has 0 spiro atoms. The lowest BCUT2D eigenvalue weighted by Crippen LogP contribution is -2.71. The molecule has 9 aliphatic heterocycles. The van der Waals surface area contributed by atoms with Crippen LogP contribution in [-0.2, 0) is 19.3 Å². The topological polar surface area (TPSA) is 312 Å². The highest BCUT2D eigenvalue weighted by Crippen LogP contribution is 2.55. The summed E-state index contributed by atoms with van der Waals surface area (Å²) in [5.41, 5.74) is 7.24.